The Labute approximate surface area is 200 Å². The van der Waals surface area contributed by atoms with Gasteiger partial charge in [-0.15, -0.1) is 0 Å². The molecule has 0 heterocycles. The Hall–Kier alpha value is -3.42. The van der Waals surface area contributed by atoms with Crippen molar-refractivity contribution in [2.45, 2.75) is 51.4 Å². The van der Waals surface area contributed by atoms with Crippen LogP contribution >= 0.6 is 0 Å². The van der Waals surface area contributed by atoms with E-state index in [1.165, 1.54) is 14.2 Å². The van der Waals surface area contributed by atoms with Crippen molar-refractivity contribution >= 4 is 11.9 Å². The fourth-order valence-electron chi connectivity index (χ4n) is 3.32. The number of ether oxygens (including phenoxy) is 4. The minimum atomic E-state index is -0.257. The van der Waals surface area contributed by atoms with Gasteiger partial charge in [0.05, 0.1) is 27.4 Å². The van der Waals surface area contributed by atoms with Gasteiger partial charge in [-0.3, -0.25) is 9.59 Å². The van der Waals surface area contributed by atoms with E-state index in [2.05, 4.69) is 0 Å². The standard InChI is InChI=1S/C26H34O8/c1-31-23-17-19(7-11-21(23)27)9-13-25(29)33-15-5-3-4-6-16-34-26(30)14-10-20-8-12-22(28)24(18-20)32-2/h7-8,11-12,17-18,27-28H,3-6,9-10,13-16H2,1-2H3. The van der Waals surface area contributed by atoms with Crippen LogP contribution in [0.15, 0.2) is 36.4 Å². The number of benzene rings is 2. The van der Waals surface area contributed by atoms with Crippen LogP contribution in [-0.2, 0) is 31.9 Å². The summed E-state index contributed by atoms with van der Waals surface area (Å²) in [6.07, 6.45) is 4.84. The molecule has 2 N–H and O–H groups in total. The quantitative estimate of drug-likeness (QED) is 0.290. The zero-order valence-corrected chi connectivity index (χ0v) is 19.9. The average Bonchev–Trinajstić information content (AvgIpc) is 2.84. The Morgan fingerprint density at radius 2 is 1.09 bits per heavy atom. The predicted molar refractivity (Wildman–Crippen MR) is 126 cm³/mol. The van der Waals surface area contributed by atoms with E-state index in [0.717, 1.165) is 36.8 Å². The molecular formula is C26H34O8. The summed E-state index contributed by atoms with van der Waals surface area (Å²) in [6, 6.07) is 10.0. The summed E-state index contributed by atoms with van der Waals surface area (Å²) in [5, 5.41) is 19.2. The largest absolute Gasteiger partial charge is 0.504 e. The van der Waals surface area contributed by atoms with Crippen LogP contribution in [0.2, 0.25) is 0 Å². The first kappa shape index (κ1) is 26.8. The smallest absolute Gasteiger partial charge is 0.306 e. The van der Waals surface area contributed by atoms with E-state index in [0.29, 0.717) is 37.6 Å². The van der Waals surface area contributed by atoms with E-state index in [1.807, 2.05) is 0 Å². The molecule has 0 amide bonds. The average molecular weight is 475 g/mol. The second-order valence-electron chi connectivity index (χ2n) is 7.87. The number of rotatable bonds is 15. The molecule has 34 heavy (non-hydrogen) atoms. The van der Waals surface area contributed by atoms with E-state index in [1.54, 1.807) is 36.4 Å². The lowest BCUT2D eigenvalue weighted by Gasteiger charge is -2.08. The molecule has 0 saturated heterocycles. The van der Waals surface area contributed by atoms with Crippen molar-refractivity contribution in [2.75, 3.05) is 27.4 Å². The normalized spacial score (nSPS) is 10.5. The van der Waals surface area contributed by atoms with Crippen molar-refractivity contribution in [3.05, 3.63) is 47.5 Å². The third kappa shape index (κ3) is 9.60. The molecule has 0 fully saturated rings. The molecule has 2 rings (SSSR count). The van der Waals surface area contributed by atoms with E-state index < -0.39 is 0 Å². The highest BCUT2D eigenvalue weighted by atomic mass is 16.5. The molecule has 0 aliphatic carbocycles. The van der Waals surface area contributed by atoms with Crippen LogP contribution in [-0.4, -0.2) is 49.6 Å². The van der Waals surface area contributed by atoms with Gasteiger partial charge in [-0.1, -0.05) is 12.1 Å². The van der Waals surface area contributed by atoms with Crippen LogP contribution in [0.5, 0.6) is 23.0 Å². The maximum atomic E-state index is 11.9. The number of unbranched alkanes of at least 4 members (excludes halogenated alkanes) is 3. The van der Waals surface area contributed by atoms with Crippen LogP contribution in [0.1, 0.15) is 49.7 Å². The second kappa shape index (κ2) is 14.7. The first-order valence-corrected chi connectivity index (χ1v) is 11.5. The predicted octanol–water partition coefficient (Wildman–Crippen LogP) is 4.33. The molecule has 0 aliphatic rings. The number of hydrogen-bond donors (Lipinski definition) is 2. The van der Waals surface area contributed by atoms with Gasteiger partial charge in [0.1, 0.15) is 0 Å². The molecule has 0 aromatic heterocycles. The minimum absolute atomic E-state index is 0.0683. The number of phenolic OH excluding ortho intramolecular Hbond substituents is 2. The molecule has 0 bridgehead atoms. The first-order valence-electron chi connectivity index (χ1n) is 11.5. The maximum absolute atomic E-state index is 11.9. The molecule has 0 radical (unpaired) electrons. The van der Waals surface area contributed by atoms with Gasteiger partial charge in [-0.05, 0) is 73.9 Å². The van der Waals surface area contributed by atoms with Gasteiger partial charge in [-0.2, -0.15) is 0 Å². The Kier molecular flexibility index (Phi) is 11.6. The molecule has 8 nitrogen and oxygen atoms in total. The SMILES string of the molecule is COc1cc(CCC(=O)OCCCCCCOC(=O)CCc2ccc(O)c(OC)c2)ccc1O. The summed E-state index contributed by atoms with van der Waals surface area (Å²) < 4.78 is 20.6. The number of carbonyl (C=O) groups is 2. The zero-order valence-electron chi connectivity index (χ0n) is 19.9. The van der Waals surface area contributed by atoms with Crippen molar-refractivity contribution in [1.82, 2.24) is 0 Å². The molecule has 8 heteroatoms. The van der Waals surface area contributed by atoms with Crippen LogP contribution in [0.3, 0.4) is 0 Å². The van der Waals surface area contributed by atoms with Crippen LogP contribution in [0.4, 0.5) is 0 Å². The van der Waals surface area contributed by atoms with Gasteiger partial charge < -0.3 is 29.2 Å². The van der Waals surface area contributed by atoms with Crippen molar-refractivity contribution in [2.24, 2.45) is 0 Å². The molecule has 2 aromatic rings. The van der Waals surface area contributed by atoms with Crippen molar-refractivity contribution in [3.63, 3.8) is 0 Å². The summed E-state index contributed by atoms with van der Waals surface area (Å²) in [4.78, 5) is 23.8. The highest BCUT2D eigenvalue weighted by Gasteiger charge is 2.08. The number of hydrogen-bond acceptors (Lipinski definition) is 8. The van der Waals surface area contributed by atoms with Gasteiger partial charge in [0.25, 0.3) is 0 Å². The Balaban J connectivity index is 1.47. The molecule has 0 saturated carbocycles. The molecule has 0 spiro atoms. The zero-order chi connectivity index (χ0) is 24.8. The van der Waals surface area contributed by atoms with Gasteiger partial charge in [-0.25, -0.2) is 0 Å². The van der Waals surface area contributed by atoms with Crippen molar-refractivity contribution in [3.8, 4) is 23.0 Å². The minimum Gasteiger partial charge on any atom is -0.504 e. The highest BCUT2D eigenvalue weighted by Crippen LogP contribution is 2.27. The molecular weight excluding hydrogens is 440 g/mol. The van der Waals surface area contributed by atoms with Gasteiger partial charge in [0, 0.05) is 12.8 Å². The van der Waals surface area contributed by atoms with Crippen LogP contribution < -0.4 is 9.47 Å². The summed E-state index contributed by atoms with van der Waals surface area (Å²) >= 11 is 0. The number of methoxy groups -OCH3 is 2. The van der Waals surface area contributed by atoms with Crippen LogP contribution in [0.25, 0.3) is 0 Å². The fourth-order valence-corrected chi connectivity index (χ4v) is 3.32. The molecule has 0 unspecified atom stereocenters. The van der Waals surface area contributed by atoms with Crippen LogP contribution in [0, 0.1) is 0 Å². The summed E-state index contributed by atoms with van der Waals surface area (Å²) in [6.45, 7) is 0.737. The second-order valence-corrected chi connectivity index (χ2v) is 7.87. The first-order chi connectivity index (χ1) is 16.4. The lowest BCUT2D eigenvalue weighted by Crippen LogP contribution is -2.08. The maximum Gasteiger partial charge on any atom is 0.306 e. The van der Waals surface area contributed by atoms with E-state index >= 15 is 0 Å². The van der Waals surface area contributed by atoms with Gasteiger partial charge in [0.15, 0.2) is 23.0 Å². The third-order valence-electron chi connectivity index (χ3n) is 5.29. The number of phenols is 2. The highest BCUT2D eigenvalue weighted by molar-refractivity contribution is 5.70. The Morgan fingerprint density at radius 1 is 0.676 bits per heavy atom. The van der Waals surface area contributed by atoms with E-state index in [9.17, 15) is 19.8 Å². The topological polar surface area (TPSA) is 112 Å². The van der Waals surface area contributed by atoms with E-state index in [-0.39, 0.29) is 36.3 Å². The fraction of sp³-hybridized carbons (Fsp3) is 0.462. The lowest BCUT2D eigenvalue weighted by atomic mass is 10.1. The van der Waals surface area contributed by atoms with Crippen molar-refractivity contribution < 1.29 is 38.7 Å². The van der Waals surface area contributed by atoms with Gasteiger partial charge in [0.2, 0.25) is 0 Å². The molecule has 0 atom stereocenters. The molecule has 0 aliphatic heterocycles. The Bertz CT molecular complexity index is 850. The number of aryl methyl sites for hydroxylation is 2. The third-order valence-corrected chi connectivity index (χ3v) is 5.29. The molecule has 186 valence electrons. The lowest BCUT2D eigenvalue weighted by molar-refractivity contribution is -0.145. The van der Waals surface area contributed by atoms with Crippen molar-refractivity contribution in [1.29, 1.82) is 0 Å². The molecule has 2 aromatic carbocycles. The summed E-state index contributed by atoms with van der Waals surface area (Å²) in [5.41, 5.74) is 1.79. The summed E-state index contributed by atoms with van der Waals surface area (Å²) in [5.74, 6) is 0.390. The van der Waals surface area contributed by atoms with Gasteiger partial charge >= 0.3 is 11.9 Å². The number of carbonyl (C=O) groups excluding carboxylic acids is 2. The number of aromatic hydroxyl groups is 2. The van der Waals surface area contributed by atoms with E-state index in [4.69, 9.17) is 18.9 Å². The number of esters is 2. The summed E-state index contributed by atoms with van der Waals surface area (Å²) in [7, 11) is 2.96. The monoisotopic (exact) mass is 474 g/mol. The Morgan fingerprint density at radius 3 is 1.47 bits per heavy atom.